The van der Waals surface area contributed by atoms with E-state index in [1.54, 1.807) is 7.05 Å². The lowest BCUT2D eigenvalue weighted by Crippen LogP contribution is -2.22. The van der Waals surface area contributed by atoms with Gasteiger partial charge in [-0.1, -0.05) is 34.1 Å². The molecule has 106 valence electrons. The molecular formula is C15H29NO2. The molecule has 0 aliphatic carbocycles. The highest BCUT2D eigenvalue weighted by Crippen LogP contribution is 2.25. The Morgan fingerprint density at radius 1 is 1.17 bits per heavy atom. The molecule has 1 amide bonds. The first-order valence-electron chi connectivity index (χ1n) is 7.00. The van der Waals surface area contributed by atoms with Gasteiger partial charge >= 0.3 is 0 Å². The average Bonchev–Trinajstić information content (AvgIpc) is 2.26. The van der Waals surface area contributed by atoms with Crippen LogP contribution < -0.4 is 5.32 Å². The number of Topliss-reactive ketones (excluding diaryl/α,β-unsaturated/α-hetero) is 1. The van der Waals surface area contributed by atoms with Crippen molar-refractivity contribution >= 4 is 11.7 Å². The Morgan fingerprint density at radius 2 is 1.78 bits per heavy atom. The number of amides is 1. The second-order valence-electron chi connectivity index (χ2n) is 6.29. The summed E-state index contributed by atoms with van der Waals surface area (Å²) < 4.78 is 0. The lowest BCUT2D eigenvalue weighted by molar-refractivity contribution is -0.122. The molecule has 0 radical (unpaired) electrons. The molecular weight excluding hydrogens is 226 g/mol. The molecule has 0 saturated carbocycles. The van der Waals surface area contributed by atoms with Crippen molar-refractivity contribution in [3.05, 3.63) is 0 Å². The Labute approximate surface area is 112 Å². The van der Waals surface area contributed by atoms with Crippen molar-refractivity contribution in [1.29, 1.82) is 0 Å². The highest BCUT2D eigenvalue weighted by atomic mass is 16.1. The Hall–Kier alpha value is -0.860. The van der Waals surface area contributed by atoms with Gasteiger partial charge in [0.25, 0.3) is 0 Å². The SMILES string of the molecule is CCC(=O)CC(CCCC(C)(C)C)CC(=O)NC. The Kier molecular flexibility index (Phi) is 7.88. The largest absolute Gasteiger partial charge is 0.359 e. The van der Waals surface area contributed by atoms with E-state index in [9.17, 15) is 9.59 Å². The highest BCUT2D eigenvalue weighted by molar-refractivity contribution is 5.80. The predicted molar refractivity (Wildman–Crippen MR) is 75.4 cm³/mol. The maximum absolute atomic E-state index is 11.5. The maximum Gasteiger partial charge on any atom is 0.220 e. The molecule has 0 aromatic rings. The van der Waals surface area contributed by atoms with Gasteiger partial charge in [-0.15, -0.1) is 0 Å². The molecule has 0 aliphatic heterocycles. The van der Waals surface area contributed by atoms with Crippen LogP contribution in [0.25, 0.3) is 0 Å². The Balaban J connectivity index is 4.20. The molecule has 0 aliphatic rings. The summed E-state index contributed by atoms with van der Waals surface area (Å²) >= 11 is 0. The first kappa shape index (κ1) is 17.1. The van der Waals surface area contributed by atoms with E-state index >= 15 is 0 Å². The molecule has 18 heavy (non-hydrogen) atoms. The highest BCUT2D eigenvalue weighted by Gasteiger charge is 2.18. The van der Waals surface area contributed by atoms with Crippen molar-refractivity contribution < 1.29 is 9.59 Å². The minimum Gasteiger partial charge on any atom is -0.359 e. The summed E-state index contributed by atoms with van der Waals surface area (Å²) in [4.78, 5) is 23.0. The number of carbonyl (C=O) groups is 2. The molecule has 1 atom stereocenters. The van der Waals surface area contributed by atoms with E-state index in [1.807, 2.05) is 6.92 Å². The monoisotopic (exact) mass is 255 g/mol. The van der Waals surface area contributed by atoms with Crippen LogP contribution in [-0.4, -0.2) is 18.7 Å². The molecule has 0 aromatic carbocycles. The molecule has 3 heteroatoms. The zero-order valence-electron chi connectivity index (χ0n) is 12.6. The molecule has 1 unspecified atom stereocenters. The van der Waals surface area contributed by atoms with Gasteiger partial charge in [0.05, 0.1) is 0 Å². The zero-order valence-corrected chi connectivity index (χ0v) is 12.6. The first-order valence-corrected chi connectivity index (χ1v) is 7.00. The quantitative estimate of drug-likeness (QED) is 0.723. The van der Waals surface area contributed by atoms with E-state index in [2.05, 4.69) is 26.1 Å². The van der Waals surface area contributed by atoms with E-state index in [0.29, 0.717) is 24.7 Å². The first-order chi connectivity index (χ1) is 8.28. The Morgan fingerprint density at radius 3 is 2.22 bits per heavy atom. The molecule has 0 aromatic heterocycles. The Bertz CT molecular complexity index is 248. The lowest BCUT2D eigenvalue weighted by atomic mass is 9.85. The second kappa shape index (κ2) is 8.28. The molecule has 3 nitrogen and oxygen atoms in total. The van der Waals surface area contributed by atoms with Crippen LogP contribution in [0.3, 0.4) is 0 Å². The standard InChI is InChI=1S/C15H29NO2/c1-6-13(17)10-12(11-14(18)16-5)8-7-9-15(2,3)4/h12H,6-11H2,1-5H3,(H,16,18). The van der Waals surface area contributed by atoms with Crippen LogP contribution in [0.15, 0.2) is 0 Å². The van der Waals surface area contributed by atoms with Crippen LogP contribution in [0.4, 0.5) is 0 Å². The normalized spacial score (nSPS) is 13.2. The fourth-order valence-electron chi connectivity index (χ4n) is 2.03. The van der Waals surface area contributed by atoms with Crippen molar-refractivity contribution in [2.75, 3.05) is 7.05 Å². The van der Waals surface area contributed by atoms with Gasteiger partial charge in [0.2, 0.25) is 5.91 Å². The van der Waals surface area contributed by atoms with E-state index in [4.69, 9.17) is 0 Å². The molecule has 0 rings (SSSR count). The van der Waals surface area contributed by atoms with Gasteiger partial charge in [-0.2, -0.15) is 0 Å². The molecule has 0 bridgehead atoms. The summed E-state index contributed by atoms with van der Waals surface area (Å²) in [5, 5.41) is 2.64. The summed E-state index contributed by atoms with van der Waals surface area (Å²) in [7, 11) is 1.65. The topological polar surface area (TPSA) is 46.2 Å². The zero-order chi connectivity index (χ0) is 14.2. The number of ketones is 1. The smallest absolute Gasteiger partial charge is 0.220 e. The van der Waals surface area contributed by atoms with E-state index in [-0.39, 0.29) is 17.6 Å². The number of nitrogens with one attached hydrogen (secondary N) is 1. The third kappa shape index (κ3) is 9.20. The third-order valence-electron chi connectivity index (χ3n) is 3.20. The summed E-state index contributed by atoms with van der Waals surface area (Å²) in [5.74, 6) is 0.513. The van der Waals surface area contributed by atoms with Gasteiger partial charge in [0, 0.05) is 26.3 Å². The van der Waals surface area contributed by atoms with Crippen LogP contribution in [0.5, 0.6) is 0 Å². The molecule has 0 heterocycles. The van der Waals surface area contributed by atoms with Crippen LogP contribution in [0.1, 0.15) is 66.2 Å². The number of hydrogen-bond donors (Lipinski definition) is 1. The van der Waals surface area contributed by atoms with Gasteiger partial charge in [0.15, 0.2) is 0 Å². The fraction of sp³-hybridized carbons (Fsp3) is 0.867. The van der Waals surface area contributed by atoms with Crippen molar-refractivity contribution in [3.63, 3.8) is 0 Å². The molecule has 0 saturated heterocycles. The van der Waals surface area contributed by atoms with Crippen molar-refractivity contribution in [3.8, 4) is 0 Å². The van der Waals surface area contributed by atoms with Crippen LogP contribution >= 0.6 is 0 Å². The summed E-state index contributed by atoms with van der Waals surface area (Å²) in [6.45, 7) is 8.54. The number of carbonyl (C=O) groups excluding carboxylic acids is 2. The van der Waals surface area contributed by atoms with Crippen molar-refractivity contribution in [2.45, 2.75) is 66.2 Å². The molecule has 0 spiro atoms. The van der Waals surface area contributed by atoms with Crippen LogP contribution in [-0.2, 0) is 9.59 Å². The predicted octanol–water partition coefficient (Wildman–Crippen LogP) is 3.32. The fourth-order valence-corrected chi connectivity index (χ4v) is 2.03. The minimum absolute atomic E-state index is 0.0414. The van der Waals surface area contributed by atoms with Gasteiger partial charge in [-0.25, -0.2) is 0 Å². The summed E-state index contributed by atoms with van der Waals surface area (Å²) in [6.07, 6.45) is 4.79. The number of hydrogen-bond acceptors (Lipinski definition) is 2. The number of rotatable bonds is 8. The van der Waals surface area contributed by atoms with Crippen LogP contribution in [0.2, 0.25) is 0 Å². The second-order valence-corrected chi connectivity index (χ2v) is 6.29. The van der Waals surface area contributed by atoms with E-state index in [1.165, 1.54) is 0 Å². The lowest BCUT2D eigenvalue weighted by Gasteiger charge is -2.20. The summed E-state index contributed by atoms with van der Waals surface area (Å²) in [6, 6.07) is 0. The average molecular weight is 255 g/mol. The van der Waals surface area contributed by atoms with Gasteiger partial charge in [-0.05, 0) is 24.2 Å². The molecule has 0 fully saturated rings. The maximum atomic E-state index is 11.5. The van der Waals surface area contributed by atoms with Gasteiger partial charge < -0.3 is 5.32 Å². The van der Waals surface area contributed by atoms with Gasteiger partial charge in [-0.3, -0.25) is 9.59 Å². The van der Waals surface area contributed by atoms with E-state index < -0.39 is 0 Å². The third-order valence-corrected chi connectivity index (χ3v) is 3.20. The minimum atomic E-state index is 0.0414. The molecule has 1 N–H and O–H groups in total. The van der Waals surface area contributed by atoms with Crippen molar-refractivity contribution in [2.24, 2.45) is 11.3 Å². The summed E-state index contributed by atoms with van der Waals surface area (Å²) in [5.41, 5.74) is 0.326. The van der Waals surface area contributed by atoms with E-state index in [0.717, 1.165) is 19.3 Å². The van der Waals surface area contributed by atoms with Gasteiger partial charge in [0.1, 0.15) is 5.78 Å². The van der Waals surface area contributed by atoms with Crippen molar-refractivity contribution in [1.82, 2.24) is 5.32 Å². The van der Waals surface area contributed by atoms with Crippen LogP contribution in [0, 0.1) is 11.3 Å².